The van der Waals surface area contributed by atoms with Gasteiger partial charge in [0.15, 0.2) is 0 Å². The van der Waals surface area contributed by atoms with Crippen molar-refractivity contribution in [2.45, 2.75) is 62.3 Å². The van der Waals surface area contributed by atoms with Crippen LogP contribution in [0.4, 0.5) is 0 Å². The summed E-state index contributed by atoms with van der Waals surface area (Å²) in [5, 5.41) is 1.12. The molecule has 2 aromatic heterocycles. The van der Waals surface area contributed by atoms with Gasteiger partial charge in [0.2, 0.25) is 0 Å². The molecule has 6 heteroatoms. The fourth-order valence-corrected chi connectivity index (χ4v) is 11.2. The SMILES string of the molecule is C[Si](C)(C)[c-]1cccc1.PCC1([c-]2[cH-][cH-][cH-][c-]2C(P)(c2ccccn2)c2ccccn2)C2CC3CC(C2)CC1C3.[Fe]. The van der Waals surface area contributed by atoms with E-state index in [9.17, 15) is 0 Å². The first kappa shape index (κ1) is 31.0. The van der Waals surface area contributed by atoms with E-state index in [1.165, 1.54) is 37.7 Å². The van der Waals surface area contributed by atoms with E-state index < -0.39 is 13.2 Å². The molecule has 8 rings (SSSR count). The summed E-state index contributed by atoms with van der Waals surface area (Å²) in [5.41, 5.74) is 5.30. The molecule has 2 nitrogen and oxygen atoms in total. The molecule has 4 aliphatic rings. The van der Waals surface area contributed by atoms with Crippen LogP contribution in [0.2, 0.25) is 19.6 Å². The Balaban J connectivity index is 0.000000291. The third-order valence-electron chi connectivity index (χ3n) is 10.3. The zero-order chi connectivity index (χ0) is 28.0. The molecular formula is C35H44FeN2P2Si-6. The van der Waals surface area contributed by atoms with Gasteiger partial charge in [0.1, 0.15) is 0 Å². The van der Waals surface area contributed by atoms with Crippen molar-refractivity contribution in [3.63, 3.8) is 0 Å². The Morgan fingerprint density at radius 1 is 0.854 bits per heavy atom. The minimum absolute atomic E-state index is 0. The molecule has 2 heterocycles. The molecule has 222 valence electrons. The van der Waals surface area contributed by atoms with E-state index in [2.05, 4.69) is 105 Å². The molecule has 4 bridgehead atoms. The van der Waals surface area contributed by atoms with Gasteiger partial charge in [0.25, 0.3) is 0 Å². The zero-order valence-corrected chi connectivity index (χ0v) is 29.0. The molecule has 0 aliphatic heterocycles. The van der Waals surface area contributed by atoms with Crippen LogP contribution >= 0.6 is 18.5 Å². The zero-order valence-electron chi connectivity index (χ0n) is 24.6. The van der Waals surface area contributed by atoms with Crippen LogP contribution < -0.4 is 5.19 Å². The maximum absolute atomic E-state index is 4.84. The van der Waals surface area contributed by atoms with Crippen LogP contribution in [0.1, 0.15) is 54.6 Å². The number of hydrogen-bond donors (Lipinski definition) is 0. The summed E-state index contributed by atoms with van der Waals surface area (Å²) in [5.74, 6) is 3.56. The van der Waals surface area contributed by atoms with Gasteiger partial charge in [-0.1, -0.05) is 54.9 Å². The predicted octanol–water partition coefficient (Wildman–Crippen LogP) is 7.88. The second-order valence-electron chi connectivity index (χ2n) is 13.6. The first-order chi connectivity index (χ1) is 19.3. The van der Waals surface area contributed by atoms with E-state index in [4.69, 9.17) is 9.97 Å². The van der Waals surface area contributed by atoms with Crippen LogP contribution in [-0.4, -0.2) is 24.2 Å². The van der Waals surface area contributed by atoms with Crippen molar-refractivity contribution < 1.29 is 17.1 Å². The van der Waals surface area contributed by atoms with Crippen molar-refractivity contribution in [2.24, 2.45) is 23.7 Å². The average molecular weight is 639 g/mol. The van der Waals surface area contributed by atoms with Crippen LogP contribution in [-0.2, 0) is 27.6 Å². The number of rotatable bonds is 6. The van der Waals surface area contributed by atoms with Gasteiger partial charge in [-0.15, -0.1) is 9.24 Å². The maximum Gasteiger partial charge on any atom is 0.0270 e. The summed E-state index contributed by atoms with van der Waals surface area (Å²) in [6, 6.07) is 28.3. The van der Waals surface area contributed by atoms with Gasteiger partial charge >= 0.3 is 0 Å². The van der Waals surface area contributed by atoms with Crippen LogP contribution in [0.3, 0.4) is 0 Å². The molecule has 4 aliphatic carbocycles. The Morgan fingerprint density at radius 3 is 1.80 bits per heavy atom. The molecule has 0 saturated heterocycles. The maximum atomic E-state index is 4.84. The van der Waals surface area contributed by atoms with Crippen LogP contribution in [0.15, 0.2) is 91.3 Å². The quantitative estimate of drug-likeness (QED) is 0.122. The Kier molecular flexibility index (Phi) is 9.31. The van der Waals surface area contributed by atoms with Gasteiger partial charge in [-0.25, -0.2) is 12.1 Å². The van der Waals surface area contributed by atoms with Crippen LogP contribution in [0.5, 0.6) is 0 Å². The van der Waals surface area contributed by atoms with E-state index in [0.29, 0.717) is 0 Å². The van der Waals surface area contributed by atoms with Crippen molar-refractivity contribution in [1.29, 1.82) is 0 Å². The third kappa shape index (κ3) is 5.54. The fourth-order valence-electron chi connectivity index (χ4n) is 8.55. The van der Waals surface area contributed by atoms with Crippen LogP contribution in [0, 0.1) is 23.7 Å². The van der Waals surface area contributed by atoms with Crippen molar-refractivity contribution in [1.82, 2.24) is 9.97 Å². The predicted molar refractivity (Wildman–Crippen MR) is 178 cm³/mol. The van der Waals surface area contributed by atoms with E-state index in [-0.39, 0.29) is 22.5 Å². The second kappa shape index (κ2) is 12.3. The molecule has 41 heavy (non-hydrogen) atoms. The Morgan fingerprint density at radius 2 is 1.39 bits per heavy atom. The Hall–Kier alpha value is -1.40. The molecule has 4 aromatic rings. The minimum Gasteiger partial charge on any atom is -0.747 e. The number of aromatic nitrogens is 2. The van der Waals surface area contributed by atoms with E-state index in [1.807, 2.05) is 24.5 Å². The van der Waals surface area contributed by atoms with Crippen molar-refractivity contribution >= 4 is 31.7 Å². The van der Waals surface area contributed by atoms with Crippen molar-refractivity contribution in [3.8, 4) is 0 Å². The summed E-state index contributed by atoms with van der Waals surface area (Å²) in [6.07, 6.45) is 12.1. The van der Waals surface area contributed by atoms with Crippen molar-refractivity contribution in [2.75, 3.05) is 6.16 Å². The van der Waals surface area contributed by atoms with Gasteiger partial charge in [-0.3, -0.25) is 9.97 Å². The molecule has 4 saturated carbocycles. The number of nitrogens with zero attached hydrogens (tertiary/aromatic N) is 2. The summed E-state index contributed by atoms with van der Waals surface area (Å²) in [6.45, 7) is 7.09. The smallest absolute Gasteiger partial charge is 0.0270 e. The second-order valence-corrected chi connectivity index (χ2v) is 19.9. The van der Waals surface area contributed by atoms with Crippen molar-refractivity contribution in [3.05, 3.63) is 114 Å². The van der Waals surface area contributed by atoms with Crippen LogP contribution in [0.25, 0.3) is 0 Å². The van der Waals surface area contributed by atoms with E-state index in [0.717, 1.165) is 41.2 Å². The summed E-state index contributed by atoms with van der Waals surface area (Å²) < 4.78 is 0. The Bertz CT molecular complexity index is 1330. The first-order valence-corrected chi connectivity index (χ1v) is 20.0. The average Bonchev–Trinajstić information content (AvgIpc) is 3.68. The summed E-state index contributed by atoms with van der Waals surface area (Å²) in [4.78, 5) is 9.69. The fraction of sp³-hybridized carbons (Fsp3) is 0.429. The molecule has 0 spiro atoms. The van der Waals surface area contributed by atoms with Gasteiger partial charge in [-0.05, 0) is 68.2 Å². The Labute approximate surface area is 263 Å². The van der Waals surface area contributed by atoms with Gasteiger partial charge in [0.05, 0.1) is 0 Å². The number of hydrogen-bond acceptors (Lipinski definition) is 2. The van der Waals surface area contributed by atoms with E-state index >= 15 is 0 Å². The topological polar surface area (TPSA) is 25.8 Å². The normalized spacial score (nSPS) is 26.7. The summed E-state index contributed by atoms with van der Waals surface area (Å²) in [7, 11) is 5.36. The van der Waals surface area contributed by atoms with E-state index in [1.54, 1.807) is 10.8 Å². The largest absolute Gasteiger partial charge is 0.747 e. The number of pyridine rings is 2. The van der Waals surface area contributed by atoms with Gasteiger partial charge in [0, 0.05) is 48.9 Å². The van der Waals surface area contributed by atoms with Gasteiger partial charge in [-0.2, -0.15) is 32.0 Å². The standard InChI is InChI=1S/C27H31N2P2.C8H13Si.Fe/c30-17-26(20-13-18-12-19(15-20)16-21(26)14-18)22-6-5-7-23(22)27(31,24-8-1-3-10-28-24)25-9-2-4-11-29-25;1-9(2,3)8-6-4-5-7-8;/h1-11,18-21H,12-17,30-31H2;4-7H,1-3H3;/q-5;-1;. The minimum atomic E-state index is -0.981. The first-order valence-electron chi connectivity index (χ1n) is 15.1. The van der Waals surface area contributed by atoms with Gasteiger partial charge < -0.3 is 29.3 Å². The molecule has 2 atom stereocenters. The monoisotopic (exact) mass is 638 g/mol. The molecule has 0 N–H and O–H groups in total. The molecule has 2 unspecified atom stereocenters. The molecule has 4 fully saturated rings. The summed E-state index contributed by atoms with van der Waals surface area (Å²) >= 11 is 0. The third-order valence-corrected chi connectivity index (χ3v) is 14.0. The molecule has 0 radical (unpaired) electrons. The molecular weight excluding hydrogens is 594 g/mol. The molecule has 2 aromatic carbocycles. The molecule has 0 amide bonds.